The Bertz CT molecular complexity index is 586. The van der Waals surface area contributed by atoms with Gasteiger partial charge in [-0.25, -0.2) is 0 Å². The molecule has 3 N–H and O–H groups in total. The molecule has 1 amide bonds. The summed E-state index contributed by atoms with van der Waals surface area (Å²) in [6.45, 7) is 6.93. The normalized spacial score (nSPS) is 11.3. The number of fused-ring (bicyclic) bond motifs is 1. The van der Waals surface area contributed by atoms with Crippen molar-refractivity contribution < 1.29 is 4.79 Å². The lowest BCUT2D eigenvalue weighted by atomic mass is 10.1. The molecule has 2 aromatic rings. The molecule has 1 heterocycles. The van der Waals surface area contributed by atoms with Gasteiger partial charge in [0.15, 0.2) is 0 Å². The van der Waals surface area contributed by atoms with Crippen molar-refractivity contribution in [2.75, 3.05) is 6.54 Å². The van der Waals surface area contributed by atoms with Crippen molar-refractivity contribution in [1.82, 2.24) is 9.88 Å². The monoisotopic (exact) mass is 273 g/mol. The highest BCUT2D eigenvalue weighted by Crippen LogP contribution is 2.20. The molecule has 0 fully saturated rings. The molecule has 0 unspecified atom stereocenters. The second kappa shape index (κ2) is 6.57. The minimum absolute atomic E-state index is 0.262. The molecule has 108 valence electrons. The van der Waals surface area contributed by atoms with Crippen LogP contribution in [0.2, 0.25) is 0 Å². The molecule has 0 saturated carbocycles. The van der Waals surface area contributed by atoms with Gasteiger partial charge >= 0.3 is 0 Å². The van der Waals surface area contributed by atoms with Crippen LogP contribution >= 0.6 is 0 Å². The topological polar surface area (TPSA) is 60.1 Å². The molecule has 0 aliphatic heterocycles. The second-order valence-electron chi connectivity index (χ2n) is 5.60. The van der Waals surface area contributed by atoms with Gasteiger partial charge in [0, 0.05) is 36.6 Å². The van der Waals surface area contributed by atoms with Gasteiger partial charge in [0.25, 0.3) is 0 Å². The maximum atomic E-state index is 10.9. The number of hydrogen-bond acceptors (Lipinski definition) is 2. The van der Waals surface area contributed by atoms with Crippen LogP contribution in [0.15, 0.2) is 30.5 Å². The Balaban J connectivity index is 2.14. The lowest BCUT2D eigenvalue weighted by Gasteiger charge is -2.09. The minimum atomic E-state index is -0.262. The third-order valence-electron chi connectivity index (χ3n) is 3.37. The summed E-state index contributed by atoms with van der Waals surface area (Å²) >= 11 is 0. The number of carbonyl (C=O) groups excluding carboxylic acids is 1. The molecular weight excluding hydrogens is 250 g/mol. The molecule has 1 aromatic carbocycles. The van der Waals surface area contributed by atoms with Gasteiger partial charge in [0.1, 0.15) is 0 Å². The van der Waals surface area contributed by atoms with Crippen molar-refractivity contribution in [1.29, 1.82) is 0 Å². The summed E-state index contributed by atoms with van der Waals surface area (Å²) in [5.74, 6) is 0.385. The van der Waals surface area contributed by atoms with Crippen LogP contribution in [-0.2, 0) is 17.9 Å². The zero-order valence-corrected chi connectivity index (χ0v) is 12.2. The predicted octanol–water partition coefficient (Wildman–Crippen LogP) is 2.26. The van der Waals surface area contributed by atoms with E-state index >= 15 is 0 Å². The molecule has 0 saturated heterocycles. The minimum Gasteiger partial charge on any atom is -0.370 e. The molecule has 1 aromatic heterocycles. The second-order valence-corrected chi connectivity index (χ2v) is 5.60. The van der Waals surface area contributed by atoms with Crippen LogP contribution < -0.4 is 11.1 Å². The Morgan fingerprint density at radius 2 is 2.15 bits per heavy atom. The molecule has 4 nitrogen and oxygen atoms in total. The maximum Gasteiger partial charge on any atom is 0.219 e. The van der Waals surface area contributed by atoms with E-state index in [0.29, 0.717) is 18.9 Å². The quantitative estimate of drug-likeness (QED) is 0.813. The highest BCUT2D eigenvalue weighted by Gasteiger charge is 2.06. The number of rotatable bonds is 7. The van der Waals surface area contributed by atoms with Gasteiger partial charge in [-0.1, -0.05) is 26.0 Å². The lowest BCUT2D eigenvalue weighted by molar-refractivity contribution is -0.118. The van der Waals surface area contributed by atoms with E-state index < -0.39 is 0 Å². The maximum absolute atomic E-state index is 10.9. The van der Waals surface area contributed by atoms with Crippen molar-refractivity contribution in [2.45, 2.75) is 33.4 Å². The number of benzene rings is 1. The Morgan fingerprint density at radius 3 is 2.85 bits per heavy atom. The molecule has 0 spiro atoms. The number of carbonyl (C=O) groups is 1. The van der Waals surface area contributed by atoms with Crippen LogP contribution in [0.25, 0.3) is 10.9 Å². The van der Waals surface area contributed by atoms with Gasteiger partial charge in [-0.3, -0.25) is 4.79 Å². The van der Waals surface area contributed by atoms with Crippen LogP contribution in [-0.4, -0.2) is 17.0 Å². The van der Waals surface area contributed by atoms with Crippen molar-refractivity contribution in [3.63, 3.8) is 0 Å². The van der Waals surface area contributed by atoms with E-state index in [1.165, 1.54) is 10.9 Å². The first kappa shape index (κ1) is 14.6. The van der Waals surface area contributed by atoms with E-state index in [-0.39, 0.29) is 5.91 Å². The van der Waals surface area contributed by atoms with Crippen molar-refractivity contribution in [3.8, 4) is 0 Å². The predicted molar refractivity (Wildman–Crippen MR) is 82.3 cm³/mol. The molecule has 0 aliphatic rings. The first-order valence-electron chi connectivity index (χ1n) is 7.13. The number of nitrogens with two attached hydrogens (primary N) is 1. The van der Waals surface area contributed by atoms with Crippen LogP contribution in [0.5, 0.6) is 0 Å². The summed E-state index contributed by atoms with van der Waals surface area (Å²) < 4.78 is 2.09. The Morgan fingerprint density at radius 1 is 1.35 bits per heavy atom. The first-order valence-corrected chi connectivity index (χ1v) is 7.13. The highest BCUT2D eigenvalue weighted by molar-refractivity contribution is 5.84. The average Bonchev–Trinajstić information content (AvgIpc) is 2.80. The Kier molecular flexibility index (Phi) is 4.79. The van der Waals surface area contributed by atoms with Crippen LogP contribution in [0, 0.1) is 5.92 Å². The fraction of sp³-hybridized carbons (Fsp3) is 0.438. The number of nitrogens with zero attached hydrogens (tertiary/aromatic N) is 1. The lowest BCUT2D eigenvalue weighted by Crippen LogP contribution is -2.19. The van der Waals surface area contributed by atoms with Gasteiger partial charge in [-0.2, -0.15) is 0 Å². The third kappa shape index (κ3) is 3.61. The van der Waals surface area contributed by atoms with Gasteiger partial charge < -0.3 is 15.6 Å². The summed E-state index contributed by atoms with van der Waals surface area (Å²) in [6, 6.07) is 8.41. The van der Waals surface area contributed by atoms with Crippen LogP contribution in [0.1, 0.15) is 25.8 Å². The molecule has 2 rings (SSSR count). The summed E-state index contributed by atoms with van der Waals surface area (Å²) in [6.07, 6.45) is 2.40. The number of aromatic nitrogens is 1. The highest BCUT2D eigenvalue weighted by atomic mass is 16.1. The van der Waals surface area contributed by atoms with E-state index in [0.717, 1.165) is 18.6 Å². The number of primary amides is 1. The SMILES string of the molecule is CC(C)CNCc1cccc2c1ccn2CCC(N)=O. The molecule has 0 aliphatic carbocycles. The van der Waals surface area contributed by atoms with Gasteiger partial charge in [0.2, 0.25) is 5.91 Å². The zero-order chi connectivity index (χ0) is 14.5. The number of hydrogen-bond donors (Lipinski definition) is 2. The third-order valence-corrected chi connectivity index (χ3v) is 3.37. The summed E-state index contributed by atoms with van der Waals surface area (Å²) in [5.41, 5.74) is 7.67. The van der Waals surface area contributed by atoms with Crippen molar-refractivity contribution in [2.24, 2.45) is 11.7 Å². The van der Waals surface area contributed by atoms with E-state index in [1.807, 2.05) is 6.20 Å². The van der Waals surface area contributed by atoms with Gasteiger partial charge in [0.05, 0.1) is 0 Å². The molecular formula is C16H23N3O. The van der Waals surface area contributed by atoms with E-state index in [4.69, 9.17) is 5.73 Å². The molecule has 4 heteroatoms. The fourth-order valence-corrected chi connectivity index (χ4v) is 2.36. The number of aryl methyl sites for hydroxylation is 1. The zero-order valence-electron chi connectivity index (χ0n) is 12.2. The summed E-state index contributed by atoms with van der Waals surface area (Å²) in [4.78, 5) is 10.9. The molecule has 0 bridgehead atoms. The van der Waals surface area contributed by atoms with Crippen LogP contribution in [0.3, 0.4) is 0 Å². The van der Waals surface area contributed by atoms with E-state index in [2.05, 4.69) is 48.0 Å². The van der Waals surface area contributed by atoms with Crippen molar-refractivity contribution in [3.05, 3.63) is 36.0 Å². The molecule has 20 heavy (non-hydrogen) atoms. The average molecular weight is 273 g/mol. The van der Waals surface area contributed by atoms with Crippen molar-refractivity contribution >= 4 is 16.8 Å². The largest absolute Gasteiger partial charge is 0.370 e. The number of nitrogens with one attached hydrogen (secondary N) is 1. The molecule has 0 atom stereocenters. The van der Waals surface area contributed by atoms with Gasteiger partial charge in [-0.15, -0.1) is 0 Å². The first-order chi connectivity index (χ1) is 9.58. The Hall–Kier alpha value is -1.81. The standard InChI is InChI=1S/C16H23N3O/c1-12(2)10-18-11-13-4-3-5-15-14(13)6-8-19(15)9-7-16(17)20/h3-6,8,12,18H,7,9-11H2,1-2H3,(H2,17,20). The Labute approximate surface area is 120 Å². The van der Waals surface area contributed by atoms with Gasteiger partial charge in [-0.05, 0) is 30.2 Å². The van der Waals surface area contributed by atoms with Crippen LogP contribution in [0.4, 0.5) is 0 Å². The molecule has 0 radical (unpaired) electrons. The fourth-order valence-electron chi connectivity index (χ4n) is 2.36. The summed E-state index contributed by atoms with van der Waals surface area (Å²) in [7, 11) is 0. The van der Waals surface area contributed by atoms with E-state index in [1.54, 1.807) is 0 Å². The van der Waals surface area contributed by atoms with E-state index in [9.17, 15) is 4.79 Å². The number of amides is 1. The smallest absolute Gasteiger partial charge is 0.219 e. The summed E-state index contributed by atoms with van der Waals surface area (Å²) in [5, 5.41) is 4.71.